The van der Waals surface area contributed by atoms with E-state index in [0.29, 0.717) is 22.4 Å². The van der Waals surface area contributed by atoms with Crippen LogP contribution in [0.2, 0.25) is 0 Å². The van der Waals surface area contributed by atoms with Crippen LogP contribution in [-0.2, 0) is 4.79 Å². The number of hydrogen-bond acceptors (Lipinski definition) is 3. The molecule has 1 unspecified atom stereocenters. The van der Waals surface area contributed by atoms with Crippen LogP contribution >= 0.6 is 11.8 Å². The van der Waals surface area contributed by atoms with Crippen LogP contribution in [0.1, 0.15) is 12.2 Å². The van der Waals surface area contributed by atoms with Gasteiger partial charge in [0.25, 0.3) is 0 Å². The highest BCUT2D eigenvalue weighted by Crippen LogP contribution is 2.38. The fourth-order valence-electron chi connectivity index (χ4n) is 1.03. The zero-order valence-corrected chi connectivity index (χ0v) is 9.06. The van der Waals surface area contributed by atoms with Gasteiger partial charge in [0, 0.05) is 4.90 Å². The number of carbonyl (C=O) groups is 1. The lowest BCUT2D eigenvalue weighted by molar-refractivity contribution is -0.149. The molecule has 0 aromatic carbocycles. The molecule has 0 aliphatic carbocycles. The van der Waals surface area contributed by atoms with Crippen molar-refractivity contribution in [3.05, 3.63) is 18.1 Å². The van der Waals surface area contributed by atoms with E-state index in [4.69, 9.17) is 9.52 Å². The van der Waals surface area contributed by atoms with Crippen LogP contribution in [0, 0.1) is 6.92 Å². The quantitative estimate of drug-likeness (QED) is 0.839. The Morgan fingerprint density at radius 2 is 2.25 bits per heavy atom. The number of carboxylic acid groups (broad SMARTS) is 1. The number of furan rings is 1. The van der Waals surface area contributed by atoms with Gasteiger partial charge in [0.05, 0.1) is 12.7 Å². The predicted molar refractivity (Wildman–Crippen MR) is 51.4 cm³/mol. The summed E-state index contributed by atoms with van der Waals surface area (Å²) in [5, 5.41) is 6.45. The zero-order valence-electron chi connectivity index (χ0n) is 8.25. The van der Waals surface area contributed by atoms with Crippen molar-refractivity contribution in [2.45, 2.75) is 29.7 Å². The molecule has 1 atom stereocenters. The third-order valence-electron chi connectivity index (χ3n) is 1.81. The predicted octanol–water partition coefficient (Wildman–Crippen LogP) is 3.09. The first-order chi connectivity index (χ1) is 7.30. The smallest absolute Gasteiger partial charge is 0.401 e. The maximum atomic E-state index is 12.5. The molecule has 0 spiro atoms. The van der Waals surface area contributed by atoms with E-state index in [-0.39, 0.29) is 0 Å². The van der Waals surface area contributed by atoms with Gasteiger partial charge in [0.15, 0.2) is 0 Å². The van der Waals surface area contributed by atoms with Crippen LogP contribution in [0.4, 0.5) is 13.2 Å². The standard InChI is InChI=1S/C9H9F3O3S/c1-5-6(2-3-15-5)16-7(4-8(13)14)9(10,11)12/h2-3,7H,4H2,1H3,(H,13,14). The molecule has 1 aromatic rings. The molecule has 1 rings (SSSR count). The summed E-state index contributed by atoms with van der Waals surface area (Å²) in [6.07, 6.45) is -4.24. The Bertz CT molecular complexity index is 372. The molecule has 90 valence electrons. The minimum absolute atomic E-state index is 0.309. The Labute approximate surface area is 93.6 Å². The van der Waals surface area contributed by atoms with Crippen LogP contribution in [0.25, 0.3) is 0 Å². The number of aryl methyl sites for hydroxylation is 1. The van der Waals surface area contributed by atoms with E-state index in [1.165, 1.54) is 19.3 Å². The Morgan fingerprint density at radius 1 is 1.62 bits per heavy atom. The van der Waals surface area contributed by atoms with Crippen molar-refractivity contribution in [2.75, 3.05) is 0 Å². The number of hydrogen-bond donors (Lipinski definition) is 1. The van der Waals surface area contributed by atoms with Gasteiger partial charge in [-0.25, -0.2) is 0 Å². The first kappa shape index (κ1) is 13.0. The average molecular weight is 254 g/mol. The number of thioether (sulfide) groups is 1. The van der Waals surface area contributed by atoms with E-state index in [2.05, 4.69) is 0 Å². The fraction of sp³-hybridized carbons (Fsp3) is 0.444. The van der Waals surface area contributed by atoms with Gasteiger partial charge in [0.2, 0.25) is 0 Å². The van der Waals surface area contributed by atoms with Crippen LogP contribution in [0.5, 0.6) is 0 Å². The fourth-order valence-corrected chi connectivity index (χ4v) is 2.05. The Morgan fingerprint density at radius 3 is 2.62 bits per heavy atom. The average Bonchev–Trinajstić information content (AvgIpc) is 2.48. The highest BCUT2D eigenvalue weighted by Gasteiger charge is 2.42. The molecule has 1 aromatic heterocycles. The molecule has 16 heavy (non-hydrogen) atoms. The minimum Gasteiger partial charge on any atom is -0.481 e. The van der Waals surface area contributed by atoms with Crippen molar-refractivity contribution in [2.24, 2.45) is 0 Å². The molecule has 0 saturated heterocycles. The molecule has 0 bridgehead atoms. The zero-order chi connectivity index (χ0) is 12.3. The molecule has 3 nitrogen and oxygen atoms in total. The van der Waals surface area contributed by atoms with Crippen molar-refractivity contribution < 1.29 is 27.5 Å². The first-order valence-electron chi connectivity index (χ1n) is 4.30. The summed E-state index contributed by atoms with van der Waals surface area (Å²) in [6, 6.07) is 1.39. The van der Waals surface area contributed by atoms with Crippen molar-refractivity contribution in [3.8, 4) is 0 Å². The van der Waals surface area contributed by atoms with Crippen molar-refractivity contribution in [3.63, 3.8) is 0 Å². The lowest BCUT2D eigenvalue weighted by Crippen LogP contribution is -2.28. The second-order valence-corrected chi connectivity index (χ2v) is 4.33. The van der Waals surface area contributed by atoms with Crippen molar-refractivity contribution in [1.29, 1.82) is 0 Å². The summed E-state index contributed by atoms with van der Waals surface area (Å²) < 4.78 is 42.3. The SMILES string of the molecule is Cc1occc1SC(CC(=O)O)C(F)(F)F. The van der Waals surface area contributed by atoms with Gasteiger partial charge in [-0.3, -0.25) is 4.79 Å². The molecule has 0 amide bonds. The molecule has 7 heteroatoms. The van der Waals surface area contributed by atoms with Crippen molar-refractivity contribution in [1.82, 2.24) is 0 Å². The topological polar surface area (TPSA) is 50.4 Å². The second kappa shape index (κ2) is 4.82. The second-order valence-electron chi connectivity index (χ2n) is 3.09. The monoisotopic (exact) mass is 254 g/mol. The number of aliphatic carboxylic acids is 1. The van der Waals surface area contributed by atoms with Gasteiger partial charge in [-0.1, -0.05) is 0 Å². The van der Waals surface area contributed by atoms with E-state index < -0.39 is 23.8 Å². The van der Waals surface area contributed by atoms with Gasteiger partial charge in [-0.2, -0.15) is 13.2 Å². The molecule has 0 aliphatic rings. The van der Waals surface area contributed by atoms with E-state index in [1.54, 1.807) is 0 Å². The summed E-state index contributed by atoms with van der Waals surface area (Å²) in [6.45, 7) is 1.52. The highest BCUT2D eigenvalue weighted by atomic mass is 32.2. The van der Waals surface area contributed by atoms with E-state index in [0.717, 1.165) is 0 Å². The van der Waals surface area contributed by atoms with Crippen LogP contribution in [0.3, 0.4) is 0 Å². The molecule has 0 aliphatic heterocycles. The normalized spacial score (nSPS) is 13.8. The van der Waals surface area contributed by atoms with Gasteiger partial charge >= 0.3 is 12.1 Å². The van der Waals surface area contributed by atoms with E-state index >= 15 is 0 Å². The van der Waals surface area contributed by atoms with Gasteiger partial charge < -0.3 is 9.52 Å². The van der Waals surface area contributed by atoms with Gasteiger partial charge in [0.1, 0.15) is 11.0 Å². The highest BCUT2D eigenvalue weighted by molar-refractivity contribution is 8.00. The third kappa shape index (κ3) is 3.48. The molecule has 0 radical (unpaired) electrons. The Kier molecular flexibility index (Phi) is 3.90. The van der Waals surface area contributed by atoms with Crippen LogP contribution in [0.15, 0.2) is 21.6 Å². The Hall–Kier alpha value is -1.11. The molecule has 1 N–H and O–H groups in total. The first-order valence-corrected chi connectivity index (χ1v) is 5.18. The molecule has 0 saturated carbocycles. The maximum Gasteiger partial charge on any atom is 0.401 e. The maximum absolute atomic E-state index is 12.5. The van der Waals surface area contributed by atoms with Gasteiger partial charge in [-0.05, 0) is 13.0 Å². The van der Waals surface area contributed by atoms with E-state index in [1.807, 2.05) is 0 Å². The van der Waals surface area contributed by atoms with Crippen LogP contribution < -0.4 is 0 Å². The molecule has 1 heterocycles. The Balaban J connectivity index is 2.79. The van der Waals surface area contributed by atoms with E-state index in [9.17, 15) is 18.0 Å². The molecule has 0 fully saturated rings. The van der Waals surface area contributed by atoms with Crippen LogP contribution in [-0.4, -0.2) is 22.5 Å². The largest absolute Gasteiger partial charge is 0.481 e. The van der Waals surface area contributed by atoms with Gasteiger partial charge in [-0.15, -0.1) is 11.8 Å². The summed E-state index contributed by atoms with van der Waals surface area (Å²) in [4.78, 5) is 10.6. The summed E-state index contributed by atoms with van der Waals surface area (Å²) in [5.74, 6) is -1.12. The number of rotatable bonds is 4. The van der Waals surface area contributed by atoms with Crippen molar-refractivity contribution >= 4 is 17.7 Å². The minimum atomic E-state index is -4.55. The summed E-state index contributed by atoms with van der Waals surface area (Å²) >= 11 is 0.458. The molecular formula is C9H9F3O3S. The number of carboxylic acids is 1. The lowest BCUT2D eigenvalue weighted by atomic mass is 10.3. The molecular weight excluding hydrogens is 245 g/mol. The number of alkyl halides is 3. The summed E-state index contributed by atoms with van der Waals surface area (Å²) in [7, 11) is 0. The lowest BCUT2D eigenvalue weighted by Gasteiger charge is -2.17. The summed E-state index contributed by atoms with van der Waals surface area (Å²) in [5.41, 5.74) is 0. The number of halogens is 3. The third-order valence-corrected chi connectivity index (χ3v) is 3.20.